The highest BCUT2D eigenvalue weighted by molar-refractivity contribution is 7.99. The first-order valence-electron chi connectivity index (χ1n) is 5.23. The monoisotopic (exact) mass is 269 g/mol. The highest BCUT2D eigenvalue weighted by Gasteiger charge is 2.12. The third kappa shape index (κ3) is 2.76. The molecule has 2 aromatic rings. The van der Waals surface area contributed by atoms with E-state index in [9.17, 15) is 0 Å². The molecule has 90 valence electrons. The SMILES string of the molecule is CCCc1c(Cl)ncnc1Sc1ncnn1C. The van der Waals surface area contributed by atoms with Crippen LogP contribution >= 0.6 is 23.4 Å². The van der Waals surface area contributed by atoms with Crippen LogP contribution in [0.3, 0.4) is 0 Å². The van der Waals surface area contributed by atoms with Gasteiger partial charge in [-0.3, -0.25) is 0 Å². The van der Waals surface area contributed by atoms with Crippen molar-refractivity contribution >= 4 is 23.4 Å². The van der Waals surface area contributed by atoms with Crippen molar-refractivity contribution in [3.05, 3.63) is 23.4 Å². The van der Waals surface area contributed by atoms with E-state index in [1.807, 2.05) is 7.05 Å². The Kier molecular flexibility index (Phi) is 3.96. The van der Waals surface area contributed by atoms with Gasteiger partial charge in [0.25, 0.3) is 0 Å². The van der Waals surface area contributed by atoms with Gasteiger partial charge in [0.1, 0.15) is 22.8 Å². The normalized spacial score (nSPS) is 10.8. The number of aromatic nitrogens is 5. The van der Waals surface area contributed by atoms with Crippen molar-refractivity contribution in [1.82, 2.24) is 24.7 Å². The first kappa shape index (κ1) is 12.3. The first-order chi connectivity index (χ1) is 8.22. The molecule has 2 aromatic heterocycles. The summed E-state index contributed by atoms with van der Waals surface area (Å²) in [5.41, 5.74) is 0.977. The van der Waals surface area contributed by atoms with Crippen molar-refractivity contribution in [2.45, 2.75) is 29.9 Å². The highest BCUT2D eigenvalue weighted by Crippen LogP contribution is 2.30. The number of halogens is 1. The Morgan fingerprint density at radius 1 is 1.29 bits per heavy atom. The molecule has 2 rings (SSSR count). The van der Waals surface area contributed by atoms with Gasteiger partial charge in [-0.15, -0.1) is 0 Å². The van der Waals surface area contributed by atoms with Gasteiger partial charge in [-0.2, -0.15) is 5.10 Å². The maximum atomic E-state index is 6.08. The lowest BCUT2D eigenvalue weighted by Crippen LogP contribution is -1.98. The van der Waals surface area contributed by atoms with Gasteiger partial charge in [0.2, 0.25) is 0 Å². The van der Waals surface area contributed by atoms with Crippen molar-refractivity contribution in [1.29, 1.82) is 0 Å². The minimum atomic E-state index is 0.520. The average Bonchev–Trinajstić information content (AvgIpc) is 2.70. The van der Waals surface area contributed by atoms with Crippen molar-refractivity contribution < 1.29 is 0 Å². The lowest BCUT2D eigenvalue weighted by Gasteiger charge is -2.07. The minimum absolute atomic E-state index is 0.520. The summed E-state index contributed by atoms with van der Waals surface area (Å²) in [5.74, 6) is 0. The second-order valence-corrected chi connectivity index (χ2v) is 4.78. The van der Waals surface area contributed by atoms with Crippen LogP contribution < -0.4 is 0 Å². The Hall–Kier alpha value is -1.14. The lowest BCUT2D eigenvalue weighted by molar-refractivity contribution is 0.684. The number of rotatable bonds is 4. The molecule has 0 radical (unpaired) electrons. The molecule has 0 saturated carbocycles. The molecule has 17 heavy (non-hydrogen) atoms. The topological polar surface area (TPSA) is 56.5 Å². The Morgan fingerprint density at radius 2 is 2.12 bits per heavy atom. The smallest absolute Gasteiger partial charge is 0.192 e. The van der Waals surface area contributed by atoms with Crippen LogP contribution in [0.15, 0.2) is 22.8 Å². The summed E-state index contributed by atoms with van der Waals surface area (Å²) < 4.78 is 1.70. The molecule has 5 nitrogen and oxygen atoms in total. The fourth-order valence-corrected chi connectivity index (χ4v) is 2.55. The Balaban J connectivity index is 2.32. The molecular formula is C10H12ClN5S. The van der Waals surface area contributed by atoms with E-state index in [-0.39, 0.29) is 0 Å². The van der Waals surface area contributed by atoms with Gasteiger partial charge < -0.3 is 0 Å². The van der Waals surface area contributed by atoms with Crippen molar-refractivity contribution in [3.63, 3.8) is 0 Å². The van der Waals surface area contributed by atoms with E-state index in [1.54, 1.807) is 4.68 Å². The number of aryl methyl sites for hydroxylation is 1. The fourth-order valence-electron chi connectivity index (χ4n) is 1.39. The zero-order valence-corrected chi connectivity index (χ0v) is 11.2. The first-order valence-corrected chi connectivity index (χ1v) is 6.43. The van der Waals surface area contributed by atoms with Gasteiger partial charge in [-0.1, -0.05) is 24.9 Å². The van der Waals surface area contributed by atoms with Gasteiger partial charge in [0.15, 0.2) is 5.16 Å². The van der Waals surface area contributed by atoms with E-state index in [2.05, 4.69) is 27.0 Å². The molecule has 0 amide bonds. The average molecular weight is 270 g/mol. The maximum absolute atomic E-state index is 6.08. The van der Waals surface area contributed by atoms with E-state index < -0.39 is 0 Å². The molecule has 0 aliphatic carbocycles. The molecule has 0 N–H and O–H groups in total. The zero-order chi connectivity index (χ0) is 12.3. The summed E-state index contributed by atoms with van der Waals surface area (Å²) >= 11 is 7.54. The van der Waals surface area contributed by atoms with Gasteiger partial charge in [-0.25, -0.2) is 19.6 Å². The quantitative estimate of drug-likeness (QED) is 0.798. The second kappa shape index (κ2) is 5.46. The molecule has 7 heteroatoms. The molecule has 2 heterocycles. The van der Waals surface area contributed by atoms with Crippen LogP contribution in [0.25, 0.3) is 0 Å². The molecule has 0 aromatic carbocycles. The van der Waals surface area contributed by atoms with Crippen LogP contribution in [0.4, 0.5) is 0 Å². The molecule has 0 atom stereocenters. The van der Waals surface area contributed by atoms with Crippen LogP contribution in [-0.2, 0) is 13.5 Å². The molecule has 0 aliphatic heterocycles. The summed E-state index contributed by atoms with van der Waals surface area (Å²) in [4.78, 5) is 12.4. The Morgan fingerprint density at radius 3 is 2.76 bits per heavy atom. The van der Waals surface area contributed by atoms with Gasteiger partial charge in [0.05, 0.1) is 0 Å². The predicted molar refractivity (Wildman–Crippen MR) is 66.2 cm³/mol. The maximum Gasteiger partial charge on any atom is 0.192 e. The predicted octanol–water partition coefficient (Wildman–Crippen LogP) is 2.36. The standard InChI is InChI=1S/C10H12ClN5S/c1-3-4-7-8(11)12-5-13-9(7)17-10-14-6-15-16(10)2/h5-6H,3-4H2,1-2H3. The highest BCUT2D eigenvalue weighted by atomic mass is 35.5. The molecule has 0 unspecified atom stereocenters. The third-order valence-corrected chi connectivity index (χ3v) is 3.63. The Labute approximate surface area is 109 Å². The lowest BCUT2D eigenvalue weighted by atomic mass is 10.2. The molecule has 0 saturated heterocycles. The Bertz CT molecular complexity index is 513. The molecule has 0 aliphatic rings. The number of nitrogens with zero attached hydrogens (tertiary/aromatic N) is 5. The summed E-state index contributed by atoms with van der Waals surface area (Å²) in [7, 11) is 1.84. The molecular weight excluding hydrogens is 258 g/mol. The largest absolute Gasteiger partial charge is 0.244 e. The zero-order valence-electron chi connectivity index (χ0n) is 9.59. The van der Waals surface area contributed by atoms with E-state index in [4.69, 9.17) is 11.6 Å². The van der Waals surface area contributed by atoms with Crippen LogP contribution in [0.2, 0.25) is 5.15 Å². The summed E-state index contributed by atoms with van der Waals surface area (Å²) in [6.45, 7) is 2.10. The van der Waals surface area contributed by atoms with Crippen LogP contribution in [0, 0.1) is 0 Å². The van der Waals surface area contributed by atoms with Crippen molar-refractivity contribution in [3.8, 4) is 0 Å². The van der Waals surface area contributed by atoms with Gasteiger partial charge in [-0.05, 0) is 18.2 Å². The van der Waals surface area contributed by atoms with Crippen LogP contribution in [0.1, 0.15) is 18.9 Å². The van der Waals surface area contributed by atoms with E-state index in [0.29, 0.717) is 5.15 Å². The molecule has 0 fully saturated rings. The van der Waals surface area contributed by atoms with Crippen LogP contribution in [0.5, 0.6) is 0 Å². The third-order valence-electron chi connectivity index (χ3n) is 2.21. The van der Waals surface area contributed by atoms with Gasteiger partial charge >= 0.3 is 0 Å². The number of hydrogen-bond donors (Lipinski definition) is 0. The van der Waals surface area contributed by atoms with Crippen molar-refractivity contribution in [2.75, 3.05) is 0 Å². The second-order valence-electron chi connectivity index (χ2n) is 3.47. The molecule has 0 spiro atoms. The number of hydrogen-bond acceptors (Lipinski definition) is 5. The van der Waals surface area contributed by atoms with E-state index in [0.717, 1.165) is 28.6 Å². The molecule has 0 bridgehead atoms. The minimum Gasteiger partial charge on any atom is -0.244 e. The summed E-state index contributed by atoms with van der Waals surface area (Å²) in [5, 5.41) is 6.18. The van der Waals surface area contributed by atoms with Gasteiger partial charge in [0, 0.05) is 12.6 Å². The van der Waals surface area contributed by atoms with Crippen LogP contribution in [-0.4, -0.2) is 24.7 Å². The van der Waals surface area contributed by atoms with E-state index >= 15 is 0 Å². The van der Waals surface area contributed by atoms with E-state index in [1.165, 1.54) is 24.4 Å². The summed E-state index contributed by atoms with van der Waals surface area (Å²) in [6, 6.07) is 0. The summed E-state index contributed by atoms with van der Waals surface area (Å²) in [6.07, 6.45) is 4.85. The fraction of sp³-hybridized carbons (Fsp3) is 0.400. The van der Waals surface area contributed by atoms with Crippen molar-refractivity contribution in [2.24, 2.45) is 7.05 Å².